The predicted octanol–water partition coefficient (Wildman–Crippen LogP) is 8.44. The summed E-state index contributed by atoms with van der Waals surface area (Å²) >= 11 is 12.2. The van der Waals surface area contributed by atoms with E-state index < -0.39 is 36.0 Å². The summed E-state index contributed by atoms with van der Waals surface area (Å²) in [5.74, 6) is -0.257. The highest BCUT2D eigenvalue weighted by molar-refractivity contribution is 6.42. The van der Waals surface area contributed by atoms with Crippen LogP contribution < -0.4 is 19.5 Å². The quantitative estimate of drug-likeness (QED) is 0.130. The maximum atomic E-state index is 14.1. The van der Waals surface area contributed by atoms with Crippen LogP contribution in [0.1, 0.15) is 61.4 Å². The molecule has 14 heteroatoms. The molecule has 0 aliphatic carbocycles. The lowest BCUT2D eigenvalue weighted by atomic mass is 9.91. The van der Waals surface area contributed by atoms with Crippen LogP contribution in [0.15, 0.2) is 102 Å². The summed E-state index contributed by atoms with van der Waals surface area (Å²) in [6, 6.07) is 25.2. The number of rotatable bonds is 11. The first-order valence-corrected chi connectivity index (χ1v) is 20.1. The number of halogens is 2. The SMILES string of the molecule is Cc1cc(C(=O)N2Cc3cc4c(cc3C[C@H]2C(=O)N[C@@H](Cc2ccc(-c3ccnc(C)c3C)cc2)C(=O)O)OC[C@H](c2ccc(OCc3ccc(Cl)c(Cl)c3)cc2)O4)no1. The van der Waals surface area contributed by atoms with Gasteiger partial charge in [0.15, 0.2) is 23.3 Å². The van der Waals surface area contributed by atoms with Gasteiger partial charge in [0.2, 0.25) is 5.91 Å². The lowest BCUT2D eigenvalue weighted by molar-refractivity contribution is -0.142. The van der Waals surface area contributed by atoms with E-state index in [0.717, 1.165) is 50.2 Å². The third kappa shape index (κ3) is 8.66. The Morgan fingerprint density at radius 2 is 1.65 bits per heavy atom. The number of aromatic nitrogens is 2. The van der Waals surface area contributed by atoms with Gasteiger partial charge in [-0.25, -0.2) is 4.79 Å². The van der Waals surface area contributed by atoms with Gasteiger partial charge in [0.05, 0.1) is 10.0 Å². The van der Waals surface area contributed by atoms with Crippen molar-refractivity contribution in [3.8, 4) is 28.4 Å². The number of nitrogens with one attached hydrogen (secondary N) is 1. The zero-order valence-electron chi connectivity index (χ0n) is 32.9. The zero-order valence-corrected chi connectivity index (χ0v) is 34.4. The van der Waals surface area contributed by atoms with E-state index in [1.165, 1.54) is 11.0 Å². The molecule has 306 valence electrons. The van der Waals surface area contributed by atoms with Crippen LogP contribution in [0.3, 0.4) is 0 Å². The van der Waals surface area contributed by atoms with Crippen LogP contribution in [-0.4, -0.2) is 56.6 Å². The van der Waals surface area contributed by atoms with Gasteiger partial charge < -0.3 is 34.1 Å². The second-order valence-electron chi connectivity index (χ2n) is 14.9. The van der Waals surface area contributed by atoms with Crippen molar-refractivity contribution in [3.63, 3.8) is 0 Å². The molecule has 12 nitrogen and oxygen atoms in total. The lowest BCUT2D eigenvalue weighted by Crippen LogP contribution is -2.56. The van der Waals surface area contributed by atoms with E-state index in [-0.39, 0.29) is 31.7 Å². The smallest absolute Gasteiger partial charge is 0.326 e. The fourth-order valence-corrected chi connectivity index (χ4v) is 7.75. The molecule has 0 saturated heterocycles. The maximum absolute atomic E-state index is 14.1. The number of benzene rings is 4. The average molecular weight is 848 g/mol. The van der Waals surface area contributed by atoms with Crippen molar-refractivity contribution in [1.29, 1.82) is 0 Å². The molecule has 0 bridgehead atoms. The number of aryl methyl sites for hydroxylation is 2. The van der Waals surface area contributed by atoms with Crippen LogP contribution in [0.5, 0.6) is 17.2 Å². The first-order chi connectivity index (χ1) is 28.9. The van der Waals surface area contributed by atoms with Crippen molar-refractivity contribution in [2.24, 2.45) is 0 Å². The van der Waals surface area contributed by atoms with Gasteiger partial charge in [0.25, 0.3) is 5.91 Å². The number of hydrogen-bond acceptors (Lipinski definition) is 9. The Morgan fingerprint density at radius 3 is 2.37 bits per heavy atom. The predicted molar refractivity (Wildman–Crippen MR) is 224 cm³/mol. The molecule has 2 aliphatic heterocycles. The minimum absolute atomic E-state index is 0.0252. The number of fused-ring (bicyclic) bond motifs is 2. The van der Waals surface area contributed by atoms with E-state index in [4.69, 9.17) is 41.9 Å². The van der Waals surface area contributed by atoms with Crippen LogP contribution >= 0.6 is 23.2 Å². The van der Waals surface area contributed by atoms with Crippen molar-refractivity contribution in [2.75, 3.05) is 6.61 Å². The summed E-state index contributed by atoms with van der Waals surface area (Å²) in [5.41, 5.74) is 8.03. The number of aliphatic carboxylic acids is 1. The molecular weight excluding hydrogens is 807 g/mol. The number of carbonyl (C=O) groups is 3. The molecule has 8 rings (SSSR count). The normalized spacial score (nSPS) is 16.1. The Balaban J connectivity index is 0.980. The summed E-state index contributed by atoms with van der Waals surface area (Å²) in [5, 5.41) is 17.8. The van der Waals surface area contributed by atoms with Gasteiger partial charge in [-0.1, -0.05) is 70.8 Å². The van der Waals surface area contributed by atoms with E-state index in [1.807, 2.05) is 86.6 Å². The van der Waals surface area contributed by atoms with Gasteiger partial charge in [-0.05, 0) is 108 Å². The molecule has 2 N–H and O–H groups in total. The Labute approximate surface area is 356 Å². The fourth-order valence-electron chi connectivity index (χ4n) is 7.43. The zero-order chi connectivity index (χ0) is 42.1. The van der Waals surface area contributed by atoms with Gasteiger partial charge in [0, 0.05) is 37.3 Å². The van der Waals surface area contributed by atoms with Crippen LogP contribution in [-0.2, 0) is 35.6 Å². The molecule has 0 saturated carbocycles. The molecule has 0 unspecified atom stereocenters. The number of carboxylic acid groups (broad SMARTS) is 1. The number of ether oxygens (including phenoxy) is 3. The Hall–Kier alpha value is -6.37. The summed E-state index contributed by atoms with van der Waals surface area (Å²) in [6.07, 6.45) is 1.46. The van der Waals surface area contributed by atoms with Crippen molar-refractivity contribution in [2.45, 2.75) is 65.0 Å². The third-order valence-electron chi connectivity index (χ3n) is 10.9. The van der Waals surface area contributed by atoms with E-state index in [0.29, 0.717) is 39.7 Å². The summed E-state index contributed by atoms with van der Waals surface area (Å²) in [4.78, 5) is 46.4. The summed E-state index contributed by atoms with van der Waals surface area (Å²) < 4.78 is 23.8. The van der Waals surface area contributed by atoms with Crippen molar-refractivity contribution < 1.29 is 38.2 Å². The van der Waals surface area contributed by atoms with E-state index >= 15 is 0 Å². The number of nitrogens with zero attached hydrogens (tertiary/aromatic N) is 3. The Morgan fingerprint density at radius 1 is 0.900 bits per heavy atom. The first-order valence-electron chi connectivity index (χ1n) is 19.3. The van der Waals surface area contributed by atoms with Gasteiger partial charge in [0.1, 0.15) is 36.8 Å². The highest BCUT2D eigenvalue weighted by Gasteiger charge is 2.39. The summed E-state index contributed by atoms with van der Waals surface area (Å²) in [6.45, 7) is 6.21. The Bertz CT molecular complexity index is 2600. The molecule has 4 heterocycles. The number of pyridine rings is 1. The van der Waals surface area contributed by atoms with Gasteiger partial charge in [-0.3, -0.25) is 14.6 Å². The van der Waals surface area contributed by atoms with Crippen molar-refractivity contribution in [3.05, 3.63) is 158 Å². The molecule has 4 aromatic carbocycles. The summed E-state index contributed by atoms with van der Waals surface area (Å²) in [7, 11) is 0. The number of carbonyl (C=O) groups excluding carboxylic acids is 2. The highest BCUT2D eigenvalue weighted by Crippen LogP contribution is 2.41. The number of hydrogen-bond donors (Lipinski definition) is 2. The van der Waals surface area contributed by atoms with Gasteiger partial charge >= 0.3 is 5.97 Å². The largest absolute Gasteiger partial charge is 0.489 e. The number of carboxylic acids is 1. The molecule has 2 aromatic heterocycles. The monoisotopic (exact) mass is 846 g/mol. The minimum atomic E-state index is -1.26. The average Bonchev–Trinajstić information content (AvgIpc) is 3.69. The lowest BCUT2D eigenvalue weighted by Gasteiger charge is -2.37. The van der Waals surface area contributed by atoms with Crippen LogP contribution in [0.25, 0.3) is 11.1 Å². The molecule has 60 heavy (non-hydrogen) atoms. The first kappa shape index (κ1) is 40.4. The van der Waals surface area contributed by atoms with Gasteiger partial charge in [-0.2, -0.15) is 0 Å². The van der Waals surface area contributed by atoms with E-state index in [9.17, 15) is 19.5 Å². The maximum Gasteiger partial charge on any atom is 0.326 e. The fraction of sp³-hybridized carbons (Fsp3) is 0.239. The molecule has 0 radical (unpaired) electrons. The standard InChI is InChI=1S/C46H40Cl2N4O8/c1-25-16-38(51-60-25)45(54)52-22-33-21-42-41(58-24-43(59-42)31-9-11-34(12-10-31)57-23-29-6-13-36(47)37(48)17-29)20-32(33)19-40(52)44(53)50-39(46(55)56)18-28-4-7-30(8-5-28)35-14-15-49-27(3)26(35)2/h4-17,20-21,39-40,43H,18-19,22-24H2,1-3H3,(H,50,53)(H,55,56)/t39-,40-,43+/m0/s1. The molecule has 0 fully saturated rings. The third-order valence-corrected chi connectivity index (χ3v) is 11.6. The molecule has 2 aliphatic rings. The topological polar surface area (TPSA) is 153 Å². The van der Waals surface area contributed by atoms with Crippen LogP contribution in [0.2, 0.25) is 10.0 Å². The van der Waals surface area contributed by atoms with Gasteiger partial charge in [-0.15, -0.1) is 0 Å². The molecule has 6 aromatic rings. The second kappa shape index (κ2) is 17.1. The van der Waals surface area contributed by atoms with Crippen LogP contribution in [0, 0.1) is 20.8 Å². The molecule has 0 spiro atoms. The molecule has 2 amide bonds. The second-order valence-corrected chi connectivity index (χ2v) is 15.8. The van der Waals surface area contributed by atoms with E-state index in [2.05, 4.69) is 15.5 Å². The molecular formula is C46H40Cl2N4O8. The van der Waals surface area contributed by atoms with Crippen molar-refractivity contribution in [1.82, 2.24) is 20.4 Å². The van der Waals surface area contributed by atoms with Crippen LogP contribution in [0.4, 0.5) is 0 Å². The number of amides is 2. The minimum Gasteiger partial charge on any atom is -0.489 e. The molecule has 3 atom stereocenters. The van der Waals surface area contributed by atoms with E-state index in [1.54, 1.807) is 25.3 Å². The Kier molecular flexibility index (Phi) is 11.5. The highest BCUT2D eigenvalue weighted by atomic mass is 35.5. The van der Waals surface area contributed by atoms with Crippen molar-refractivity contribution >= 4 is 41.0 Å².